The Morgan fingerprint density at radius 3 is 2.92 bits per heavy atom. The minimum absolute atomic E-state index is 0.103. The molecule has 0 spiro atoms. The van der Waals surface area contributed by atoms with Crippen LogP contribution in [0.3, 0.4) is 0 Å². The zero-order valence-electron chi connectivity index (χ0n) is 13.9. The smallest absolute Gasteiger partial charge is 0.267 e. The average molecular weight is 368 g/mol. The van der Waals surface area contributed by atoms with E-state index in [1.165, 1.54) is 18.1 Å². The highest BCUT2D eigenvalue weighted by Crippen LogP contribution is 2.49. The summed E-state index contributed by atoms with van der Waals surface area (Å²) in [6, 6.07) is 0. The second kappa shape index (κ2) is 8.15. The fraction of sp³-hybridized carbons (Fsp3) is 0.389. The number of nitrogens with zero attached hydrogens (tertiary/aromatic N) is 4. The van der Waals surface area contributed by atoms with Crippen molar-refractivity contribution in [1.29, 1.82) is 0 Å². The minimum Gasteiger partial charge on any atom is -0.267 e. The standard InChI is InChI=1S/C18H16N4O3S/c23-17(22-25)18(8-3-9-18)26-16-15(11-19-12-20-16)14-5-2-1-4-13(6-7-14)10-21-24/h5-7,11-13H,2-3,8-10H2/b7-6?,14-5+. The van der Waals surface area contributed by atoms with Gasteiger partial charge in [-0.1, -0.05) is 47.0 Å². The van der Waals surface area contributed by atoms with Crippen LogP contribution in [0.1, 0.15) is 31.2 Å². The number of rotatable bonds is 6. The predicted octanol–water partition coefficient (Wildman–Crippen LogP) is 3.51. The van der Waals surface area contributed by atoms with Gasteiger partial charge in [-0.2, -0.15) is 4.91 Å². The molecule has 0 bridgehead atoms. The molecular formula is C18H16N4O3S. The van der Waals surface area contributed by atoms with E-state index in [2.05, 4.69) is 32.2 Å². The zero-order valence-corrected chi connectivity index (χ0v) is 14.7. The average Bonchev–Trinajstić information content (AvgIpc) is 2.61. The van der Waals surface area contributed by atoms with E-state index in [9.17, 15) is 14.6 Å². The van der Waals surface area contributed by atoms with Crippen molar-refractivity contribution in [2.75, 3.05) is 6.54 Å². The highest BCUT2D eigenvalue weighted by Gasteiger charge is 2.47. The molecule has 8 heteroatoms. The van der Waals surface area contributed by atoms with E-state index in [-0.39, 0.29) is 12.5 Å². The fourth-order valence-electron chi connectivity index (χ4n) is 2.80. The van der Waals surface area contributed by atoms with Crippen molar-refractivity contribution in [3.8, 4) is 11.8 Å². The van der Waals surface area contributed by atoms with Crippen molar-refractivity contribution in [3.05, 3.63) is 46.1 Å². The van der Waals surface area contributed by atoms with Crippen LogP contribution in [0, 0.1) is 27.6 Å². The monoisotopic (exact) mass is 368 g/mol. The van der Waals surface area contributed by atoms with Gasteiger partial charge in [-0.15, -0.1) is 4.91 Å². The van der Waals surface area contributed by atoms with E-state index in [0.29, 0.717) is 24.3 Å². The van der Waals surface area contributed by atoms with E-state index < -0.39 is 10.7 Å². The maximum atomic E-state index is 12.0. The molecule has 2 aliphatic rings. The van der Waals surface area contributed by atoms with Crippen LogP contribution in [0.25, 0.3) is 5.57 Å². The predicted molar refractivity (Wildman–Crippen MR) is 98.9 cm³/mol. The summed E-state index contributed by atoms with van der Waals surface area (Å²) in [5, 5.41) is 6.18. The molecule has 2 aliphatic carbocycles. The molecule has 0 aromatic carbocycles. The number of carbonyl (C=O) groups is 1. The number of carbonyl (C=O) groups excluding carboxylic acids is 1. The fourth-order valence-corrected chi connectivity index (χ4v) is 4.16. The molecule has 132 valence electrons. The Bertz CT molecular complexity index is 849. The van der Waals surface area contributed by atoms with Gasteiger partial charge < -0.3 is 0 Å². The van der Waals surface area contributed by atoms with Crippen molar-refractivity contribution in [2.24, 2.45) is 16.3 Å². The number of aromatic nitrogens is 2. The highest BCUT2D eigenvalue weighted by molar-refractivity contribution is 8.01. The summed E-state index contributed by atoms with van der Waals surface area (Å²) < 4.78 is -0.819. The minimum atomic E-state index is -0.819. The molecule has 26 heavy (non-hydrogen) atoms. The van der Waals surface area contributed by atoms with Gasteiger partial charge in [0.2, 0.25) is 0 Å². The van der Waals surface area contributed by atoms with Crippen LogP contribution >= 0.6 is 11.8 Å². The summed E-state index contributed by atoms with van der Waals surface area (Å²) >= 11 is 1.28. The van der Waals surface area contributed by atoms with Gasteiger partial charge in [-0.05, 0) is 24.8 Å². The Kier molecular flexibility index (Phi) is 5.68. The Balaban J connectivity index is 1.91. The van der Waals surface area contributed by atoms with Crippen LogP contribution < -0.4 is 0 Å². The van der Waals surface area contributed by atoms with Crippen LogP contribution in [-0.4, -0.2) is 27.2 Å². The molecule has 1 amide bonds. The second-order valence-electron chi connectivity index (χ2n) is 6.05. The number of hydrogen-bond acceptors (Lipinski definition) is 7. The van der Waals surface area contributed by atoms with Crippen molar-refractivity contribution < 1.29 is 4.79 Å². The Morgan fingerprint density at radius 2 is 2.23 bits per heavy atom. The summed E-state index contributed by atoms with van der Waals surface area (Å²) in [6.07, 6.45) is 11.4. The third-order valence-electron chi connectivity index (χ3n) is 4.40. The lowest BCUT2D eigenvalue weighted by Gasteiger charge is -2.36. The first-order valence-electron chi connectivity index (χ1n) is 8.21. The lowest BCUT2D eigenvalue weighted by molar-refractivity contribution is -0.122. The van der Waals surface area contributed by atoms with Gasteiger partial charge in [0, 0.05) is 23.4 Å². The van der Waals surface area contributed by atoms with Crippen LogP contribution in [0.4, 0.5) is 0 Å². The molecule has 1 fully saturated rings. The van der Waals surface area contributed by atoms with Crippen LogP contribution in [0.5, 0.6) is 0 Å². The first-order valence-corrected chi connectivity index (χ1v) is 9.03. The molecule has 1 aromatic rings. The molecule has 1 saturated carbocycles. The summed E-state index contributed by atoms with van der Waals surface area (Å²) in [7, 11) is 0. The molecule has 1 unspecified atom stereocenters. The Hall–Kier alpha value is -2.66. The highest BCUT2D eigenvalue weighted by atomic mass is 32.2. The lowest BCUT2D eigenvalue weighted by Crippen LogP contribution is -2.41. The molecule has 7 nitrogen and oxygen atoms in total. The Morgan fingerprint density at radius 1 is 1.38 bits per heavy atom. The number of thioether (sulfide) groups is 1. The largest absolute Gasteiger partial charge is 0.302 e. The molecule has 0 aliphatic heterocycles. The third kappa shape index (κ3) is 3.78. The first-order chi connectivity index (χ1) is 12.7. The molecule has 3 rings (SSSR count). The van der Waals surface area contributed by atoms with E-state index in [0.717, 1.165) is 17.6 Å². The summed E-state index contributed by atoms with van der Waals surface area (Å²) in [5.41, 5.74) is 1.62. The number of amides is 1. The van der Waals surface area contributed by atoms with Crippen molar-refractivity contribution in [1.82, 2.24) is 9.97 Å². The maximum Gasteiger partial charge on any atom is 0.302 e. The summed E-state index contributed by atoms with van der Waals surface area (Å²) in [5.74, 6) is 5.13. The van der Waals surface area contributed by atoms with Gasteiger partial charge in [0.25, 0.3) is 0 Å². The van der Waals surface area contributed by atoms with E-state index in [4.69, 9.17) is 0 Å². The molecule has 0 N–H and O–H groups in total. The van der Waals surface area contributed by atoms with Crippen LogP contribution in [0.15, 0.2) is 46.1 Å². The number of nitroso groups, excluding NO2 is 2. The maximum absolute atomic E-state index is 12.0. The van der Waals surface area contributed by atoms with Gasteiger partial charge in [0.05, 0.1) is 12.5 Å². The molecule has 1 aromatic heterocycles. The van der Waals surface area contributed by atoms with Gasteiger partial charge in [0.15, 0.2) is 0 Å². The van der Waals surface area contributed by atoms with Crippen molar-refractivity contribution >= 4 is 23.2 Å². The van der Waals surface area contributed by atoms with E-state index in [1.807, 2.05) is 18.2 Å². The summed E-state index contributed by atoms with van der Waals surface area (Å²) in [6.45, 7) is 0.103. The normalized spacial score (nSPS) is 22.5. The topological polar surface area (TPSA) is 102 Å². The van der Waals surface area contributed by atoms with Crippen molar-refractivity contribution in [2.45, 2.75) is 35.5 Å². The van der Waals surface area contributed by atoms with Gasteiger partial charge >= 0.3 is 5.91 Å². The van der Waals surface area contributed by atoms with Gasteiger partial charge in [-0.3, -0.25) is 4.79 Å². The van der Waals surface area contributed by atoms with Gasteiger partial charge in [0.1, 0.15) is 16.1 Å². The number of allylic oxidation sites excluding steroid dienone is 3. The first kappa shape index (κ1) is 18.1. The quantitative estimate of drug-likeness (QED) is 0.432. The summed E-state index contributed by atoms with van der Waals surface area (Å²) in [4.78, 5) is 41.7. The lowest BCUT2D eigenvalue weighted by atomic mass is 9.84. The van der Waals surface area contributed by atoms with Crippen LogP contribution in [0.2, 0.25) is 0 Å². The van der Waals surface area contributed by atoms with Gasteiger partial charge in [-0.25, -0.2) is 9.97 Å². The molecule has 1 atom stereocenters. The Labute approximate surface area is 154 Å². The second-order valence-corrected chi connectivity index (χ2v) is 7.42. The molecule has 0 saturated heterocycles. The molecule has 0 radical (unpaired) electrons. The third-order valence-corrected chi connectivity index (χ3v) is 5.90. The van der Waals surface area contributed by atoms with Crippen LogP contribution in [-0.2, 0) is 4.79 Å². The van der Waals surface area contributed by atoms with Crippen molar-refractivity contribution in [3.63, 3.8) is 0 Å². The molecule has 1 heterocycles. The molecular weight excluding hydrogens is 352 g/mol. The van der Waals surface area contributed by atoms with E-state index in [1.54, 1.807) is 6.20 Å². The SMILES string of the molecule is O=NCC1C#CC/C=C(/c2cncnc2SC2(C(=O)N=O)CCC2)C=C1. The number of hydrogen-bond donors (Lipinski definition) is 0. The zero-order chi connectivity index (χ0) is 18.4. The van der Waals surface area contributed by atoms with E-state index >= 15 is 0 Å².